The van der Waals surface area contributed by atoms with Crippen molar-refractivity contribution in [3.8, 4) is 0 Å². The molecule has 0 unspecified atom stereocenters. The molecule has 5 nitrogen and oxygen atoms in total. The Hall–Kier alpha value is -2.34. The molecule has 2 rings (SSSR count). The number of carbonyl (C=O) groups excluding carboxylic acids is 2. The summed E-state index contributed by atoms with van der Waals surface area (Å²) in [6.45, 7) is 4.36. The fourth-order valence-electron chi connectivity index (χ4n) is 1.98. The van der Waals surface area contributed by atoms with Crippen molar-refractivity contribution in [2.75, 3.05) is 5.32 Å². The van der Waals surface area contributed by atoms with Crippen LogP contribution in [0.3, 0.4) is 0 Å². The Kier molecular flexibility index (Phi) is 6.17. The molecule has 2 aromatic rings. The summed E-state index contributed by atoms with van der Waals surface area (Å²) in [7, 11) is 0. The third-order valence-corrected chi connectivity index (χ3v) is 3.91. The number of hydrogen-bond donors (Lipinski definition) is 3. The van der Waals surface area contributed by atoms with E-state index in [0.717, 1.165) is 10.4 Å². The zero-order valence-corrected chi connectivity index (χ0v) is 14.1. The van der Waals surface area contributed by atoms with E-state index in [1.54, 1.807) is 23.5 Å². The van der Waals surface area contributed by atoms with E-state index in [1.165, 1.54) is 0 Å². The molecule has 0 saturated carbocycles. The van der Waals surface area contributed by atoms with Crippen LogP contribution in [0, 0.1) is 0 Å². The van der Waals surface area contributed by atoms with Crippen LogP contribution in [-0.2, 0) is 17.8 Å². The molecule has 0 fully saturated rings. The van der Waals surface area contributed by atoms with Crippen molar-refractivity contribution in [1.29, 1.82) is 0 Å². The summed E-state index contributed by atoms with van der Waals surface area (Å²) in [6.07, 6.45) is 0.323. The molecule has 0 aliphatic heterocycles. The lowest BCUT2D eigenvalue weighted by molar-refractivity contribution is -0.120. The molecule has 0 saturated heterocycles. The second kappa shape index (κ2) is 8.33. The van der Waals surface area contributed by atoms with Crippen LogP contribution in [0.5, 0.6) is 0 Å². The summed E-state index contributed by atoms with van der Waals surface area (Å²) in [5, 5.41) is 10.4. The Labute approximate surface area is 140 Å². The second-order valence-corrected chi connectivity index (χ2v) is 6.52. The van der Waals surface area contributed by atoms with Gasteiger partial charge in [0, 0.05) is 16.6 Å². The van der Waals surface area contributed by atoms with Crippen LogP contribution in [0.4, 0.5) is 10.5 Å². The predicted octanol–water partition coefficient (Wildman–Crippen LogP) is 3.14. The molecular formula is C17H21N3O2S. The third kappa shape index (κ3) is 6.12. The van der Waals surface area contributed by atoms with Gasteiger partial charge in [-0.1, -0.05) is 18.2 Å². The molecule has 3 N–H and O–H groups in total. The van der Waals surface area contributed by atoms with Gasteiger partial charge in [-0.05, 0) is 43.0 Å². The van der Waals surface area contributed by atoms with Gasteiger partial charge in [-0.3, -0.25) is 4.79 Å². The van der Waals surface area contributed by atoms with Gasteiger partial charge < -0.3 is 16.0 Å². The Balaban J connectivity index is 1.80. The van der Waals surface area contributed by atoms with Crippen LogP contribution in [0.25, 0.3) is 0 Å². The molecular weight excluding hydrogens is 310 g/mol. The average molecular weight is 331 g/mol. The van der Waals surface area contributed by atoms with Crippen LogP contribution in [0.15, 0.2) is 41.8 Å². The van der Waals surface area contributed by atoms with Crippen molar-refractivity contribution in [3.05, 3.63) is 52.2 Å². The van der Waals surface area contributed by atoms with E-state index >= 15 is 0 Å². The maximum Gasteiger partial charge on any atom is 0.319 e. The Bertz CT molecular complexity index is 636. The van der Waals surface area contributed by atoms with Crippen molar-refractivity contribution in [2.45, 2.75) is 32.9 Å². The highest BCUT2D eigenvalue weighted by Crippen LogP contribution is 2.11. The number of nitrogens with one attached hydrogen (secondary N) is 3. The highest BCUT2D eigenvalue weighted by molar-refractivity contribution is 7.09. The topological polar surface area (TPSA) is 70.2 Å². The molecule has 0 bridgehead atoms. The first-order valence-electron chi connectivity index (χ1n) is 7.48. The van der Waals surface area contributed by atoms with Gasteiger partial charge in [-0.2, -0.15) is 0 Å². The average Bonchev–Trinajstić information content (AvgIpc) is 3.00. The zero-order valence-electron chi connectivity index (χ0n) is 13.3. The third-order valence-electron chi connectivity index (χ3n) is 3.04. The van der Waals surface area contributed by atoms with Gasteiger partial charge in [0.2, 0.25) is 5.91 Å². The molecule has 1 aromatic carbocycles. The summed E-state index contributed by atoms with van der Waals surface area (Å²) in [4.78, 5) is 24.6. The smallest absolute Gasteiger partial charge is 0.319 e. The fraction of sp³-hybridized carbons (Fsp3) is 0.294. The van der Waals surface area contributed by atoms with E-state index in [0.29, 0.717) is 18.7 Å². The molecule has 0 aliphatic carbocycles. The molecule has 122 valence electrons. The molecule has 0 spiro atoms. The standard InChI is InChI=1S/C17H21N3O2S/c1-12(2)19-17(22)20-14-7-5-13(6-8-14)10-16(21)18-11-15-4-3-9-23-15/h3-9,12H,10-11H2,1-2H3,(H,18,21)(H2,19,20,22). The Morgan fingerprint density at radius 3 is 2.48 bits per heavy atom. The summed E-state index contributed by atoms with van der Waals surface area (Å²) >= 11 is 1.62. The summed E-state index contributed by atoms with van der Waals surface area (Å²) in [5.41, 5.74) is 1.61. The van der Waals surface area contributed by atoms with Gasteiger partial charge in [0.25, 0.3) is 0 Å². The van der Waals surface area contributed by atoms with Crippen LogP contribution in [0.2, 0.25) is 0 Å². The minimum atomic E-state index is -0.235. The fourth-order valence-corrected chi connectivity index (χ4v) is 2.63. The minimum Gasteiger partial charge on any atom is -0.351 e. The number of benzene rings is 1. The first-order valence-corrected chi connectivity index (χ1v) is 8.36. The van der Waals surface area contributed by atoms with E-state index in [2.05, 4.69) is 16.0 Å². The molecule has 0 aliphatic rings. The number of rotatable bonds is 6. The highest BCUT2D eigenvalue weighted by atomic mass is 32.1. The lowest BCUT2D eigenvalue weighted by Crippen LogP contribution is -2.34. The lowest BCUT2D eigenvalue weighted by atomic mass is 10.1. The second-order valence-electron chi connectivity index (χ2n) is 5.48. The molecule has 3 amide bonds. The maximum absolute atomic E-state index is 11.9. The molecule has 0 radical (unpaired) electrons. The Morgan fingerprint density at radius 2 is 1.87 bits per heavy atom. The van der Waals surface area contributed by atoms with Crippen LogP contribution in [0.1, 0.15) is 24.3 Å². The Morgan fingerprint density at radius 1 is 1.13 bits per heavy atom. The monoisotopic (exact) mass is 331 g/mol. The number of thiophene rings is 1. The number of urea groups is 1. The molecule has 6 heteroatoms. The van der Waals surface area contributed by atoms with Crippen molar-refractivity contribution in [1.82, 2.24) is 10.6 Å². The molecule has 0 atom stereocenters. The van der Waals surface area contributed by atoms with Gasteiger partial charge in [0.15, 0.2) is 0 Å². The summed E-state index contributed by atoms with van der Waals surface area (Å²) in [6, 6.07) is 11.1. The van der Waals surface area contributed by atoms with Gasteiger partial charge in [-0.15, -0.1) is 11.3 Å². The van der Waals surface area contributed by atoms with Crippen LogP contribution < -0.4 is 16.0 Å². The first kappa shape index (κ1) is 17.0. The van der Waals surface area contributed by atoms with Crippen molar-refractivity contribution in [3.63, 3.8) is 0 Å². The zero-order chi connectivity index (χ0) is 16.7. The summed E-state index contributed by atoms with van der Waals surface area (Å²) in [5.74, 6) is -0.0170. The number of carbonyl (C=O) groups is 2. The normalized spacial score (nSPS) is 10.4. The largest absolute Gasteiger partial charge is 0.351 e. The van der Waals surface area contributed by atoms with E-state index in [-0.39, 0.29) is 18.0 Å². The molecule has 23 heavy (non-hydrogen) atoms. The summed E-state index contributed by atoms with van der Waals surface area (Å²) < 4.78 is 0. The van der Waals surface area contributed by atoms with Crippen molar-refractivity contribution < 1.29 is 9.59 Å². The highest BCUT2D eigenvalue weighted by Gasteiger charge is 2.06. The van der Waals surface area contributed by atoms with Gasteiger partial charge >= 0.3 is 6.03 Å². The van der Waals surface area contributed by atoms with E-state index in [4.69, 9.17) is 0 Å². The van der Waals surface area contributed by atoms with Crippen molar-refractivity contribution >= 4 is 29.0 Å². The maximum atomic E-state index is 11.9. The van der Waals surface area contributed by atoms with E-state index in [9.17, 15) is 9.59 Å². The quantitative estimate of drug-likeness (QED) is 0.761. The number of amides is 3. The number of hydrogen-bond acceptors (Lipinski definition) is 3. The lowest BCUT2D eigenvalue weighted by Gasteiger charge is -2.10. The molecule has 1 heterocycles. The predicted molar refractivity (Wildman–Crippen MR) is 93.6 cm³/mol. The molecule has 1 aromatic heterocycles. The first-order chi connectivity index (χ1) is 11.0. The van der Waals surface area contributed by atoms with Crippen LogP contribution >= 0.6 is 11.3 Å². The number of anilines is 1. The van der Waals surface area contributed by atoms with Crippen molar-refractivity contribution in [2.24, 2.45) is 0 Å². The van der Waals surface area contributed by atoms with E-state index in [1.807, 2.05) is 43.5 Å². The van der Waals surface area contributed by atoms with E-state index < -0.39 is 0 Å². The SMILES string of the molecule is CC(C)NC(=O)Nc1ccc(CC(=O)NCc2cccs2)cc1. The van der Waals surface area contributed by atoms with Gasteiger partial charge in [0.1, 0.15) is 0 Å². The van der Waals surface area contributed by atoms with Gasteiger partial charge in [-0.25, -0.2) is 4.79 Å². The van der Waals surface area contributed by atoms with Gasteiger partial charge in [0.05, 0.1) is 13.0 Å². The van der Waals surface area contributed by atoms with Crippen LogP contribution in [-0.4, -0.2) is 18.0 Å². The minimum absolute atomic E-state index is 0.0170.